The molecule has 0 bridgehead atoms. The molecule has 3 aromatic rings. The van der Waals surface area contributed by atoms with Crippen LogP contribution in [-0.4, -0.2) is 21.2 Å². The number of phenolic OH excluding ortho intramolecular Hbond substituents is 1. The first-order valence-electron chi connectivity index (χ1n) is 7.24. The molecule has 0 amide bonds. The number of aromatic hydroxyl groups is 1. The lowest BCUT2D eigenvalue weighted by Crippen LogP contribution is -1.97. The van der Waals surface area contributed by atoms with Crippen molar-refractivity contribution in [3.05, 3.63) is 71.9 Å². The number of nitriles is 1. The molecule has 25 heavy (non-hydrogen) atoms. The number of aromatic nitrogens is 1. The van der Waals surface area contributed by atoms with Crippen molar-refractivity contribution in [2.24, 2.45) is 0 Å². The van der Waals surface area contributed by atoms with Crippen LogP contribution in [0.2, 0.25) is 0 Å². The highest BCUT2D eigenvalue weighted by atomic mass is 16.4. The van der Waals surface area contributed by atoms with E-state index < -0.39 is 5.97 Å². The molecule has 0 aliphatic rings. The number of para-hydroxylation sites is 1. The van der Waals surface area contributed by atoms with E-state index in [1.807, 2.05) is 30.3 Å². The van der Waals surface area contributed by atoms with Gasteiger partial charge in [0.2, 0.25) is 0 Å². The van der Waals surface area contributed by atoms with E-state index in [9.17, 15) is 4.79 Å². The van der Waals surface area contributed by atoms with Gasteiger partial charge in [-0.25, -0.2) is 4.79 Å². The second kappa shape index (κ2) is 8.13. The second-order valence-corrected chi connectivity index (χ2v) is 5.03. The highest BCUT2D eigenvalue weighted by Gasteiger charge is 2.04. The third-order valence-electron chi connectivity index (χ3n) is 3.17. The first-order valence-corrected chi connectivity index (χ1v) is 7.24. The van der Waals surface area contributed by atoms with Gasteiger partial charge in [-0.2, -0.15) is 5.26 Å². The van der Waals surface area contributed by atoms with Crippen LogP contribution < -0.4 is 5.73 Å². The van der Waals surface area contributed by atoms with Crippen molar-refractivity contribution in [1.29, 1.82) is 5.26 Å². The Hall–Kier alpha value is -3.85. The number of nitrogens with two attached hydrogens (primary N) is 1. The number of anilines is 1. The molecule has 1 aromatic heterocycles. The van der Waals surface area contributed by atoms with Crippen LogP contribution in [0.25, 0.3) is 17.0 Å². The van der Waals surface area contributed by atoms with Crippen LogP contribution in [0.5, 0.6) is 5.75 Å². The fraction of sp³-hybridized carbons (Fsp3) is 0. The number of aliphatic carboxylic acids is 1. The summed E-state index contributed by atoms with van der Waals surface area (Å²) >= 11 is 0. The summed E-state index contributed by atoms with van der Waals surface area (Å²) in [4.78, 5) is 14.6. The molecule has 0 atom stereocenters. The summed E-state index contributed by atoms with van der Waals surface area (Å²) in [6, 6.07) is 17.3. The Morgan fingerprint density at radius 2 is 1.84 bits per heavy atom. The van der Waals surface area contributed by atoms with E-state index in [-0.39, 0.29) is 11.3 Å². The molecule has 0 saturated heterocycles. The molecule has 0 unspecified atom stereocenters. The van der Waals surface area contributed by atoms with Crippen LogP contribution in [0.15, 0.2) is 66.4 Å². The predicted octanol–water partition coefficient (Wildman–Crippen LogP) is 3.20. The van der Waals surface area contributed by atoms with Gasteiger partial charge in [0.15, 0.2) is 0 Å². The molecular weight excluding hydrogens is 318 g/mol. The van der Waals surface area contributed by atoms with Crippen molar-refractivity contribution in [1.82, 2.24) is 4.98 Å². The van der Waals surface area contributed by atoms with Gasteiger partial charge in [-0.3, -0.25) is 4.98 Å². The number of phenols is 1. The lowest BCUT2D eigenvalue weighted by atomic mass is 10.1. The van der Waals surface area contributed by atoms with Crippen molar-refractivity contribution < 1.29 is 15.0 Å². The largest absolute Gasteiger partial charge is 0.508 e. The van der Waals surface area contributed by atoms with Crippen LogP contribution >= 0.6 is 0 Å². The van der Waals surface area contributed by atoms with Crippen LogP contribution in [0.3, 0.4) is 0 Å². The molecule has 6 heteroatoms. The smallest absolute Gasteiger partial charge is 0.346 e. The standard InChI is InChI=1S/C10H7NO3.C9H8N2/c11-6-8(10(13)14)5-7-1-3-9(12)4-2-7;10-8-5-7-3-1-2-4-9(7)11-6-8/h1-5,12H,(H,13,14);1-6H,10H2. The lowest BCUT2D eigenvalue weighted by molar-refractivity contribution is -0.132. The minimum atomic E-state index is -1.26. The first-order chi connectivity index (χ1) is 12.0. The summed E-state index contributed by atoms with van der Waals surface area (Å²) in [7, 11) is 0. The summed E-state index contributed by atoms with van der Waals surface area (Å²) in [5.74, 6) is -1.17. The van der Waals surface area contributed by atoms with Crippen LogP contribution in [-0.2, 0) is 4.79 Å². The number of benzene rings is 2. The topological polar surface area (TPSA) is 120 Å². The quantitative estimate of drug-likeness (QED) is 0.489. The Morgan fingerprint density at radius 1 is 1.16 bits per heavy atom. The number of carboxylic acid groups (broad SMARTS) is 1. The Balaban J connectivity index is 0.000000185. The van der Waals surface area contributed by atoms with Crippen molar-refractivity contribution in [3.63, 3.8) is 0 Å². The average Bonchev–Trinajstić information content (AvgIpc) is 2.61. The van der Waals surface area contributed by atoms with Gasteiger partial charge in [-0.05, 0) is 35.9 Å². The van der Waals surface area contributed by atoms with E-state index in [4.69, 9.17) is 21.2 Å². The Morgan fingerprint density at radius 3 is 2.48 bits per heavy atom. The molecule has 3 rings (SSSR count). The van der Waals surface area contributed by atoms with Crippen LogP contribution in [0.4, 0.5) is 5.69 Å². The van der Waals surface area contributed by atoms with Crippen molar-refractivity contribution in [2.45, 2.75) is 0 Å². The van der Waals surface area contributed by atoms with Gasteiger partial charge in [-0.1, -0.05) is 30.3 Å². The van der Waals surface area contributed by atoms with Crippen molar-refractivity contribution in [2.75, 3.05) is 5.73 Å². The molecule has 1 heterocycles. The van der Waals surface area contributed by atoms with Crippen molar-refractivity contribution in [3.8, 4) is 11.8 Å². The number of nitrogen functional groups attached to an aromatic ring is 1. The van der Waals surface area contributed by atoms with Crippen LogP contribution in [0, 0.1) is 11.3 Å². The monoisotopic (exact) mass is 333 g/mol. The molecule has 124 valence electrons. The Labute approximate surface area is 144 Å². The Bertz CT molecular complexity index is 958. The SMILES string of the molecule is N#CC(=Cc1ccc(O)cc1)C(=O)O.Nc1cnc2ccccc2c1. The highest BCUT2D eigenvalue weighted by molar-refractivity contribution is 5.96. The summed E-state index contributed by atoms with van der Waals surface area (Å²) in [6.07, 6.45) is 2.91. The predicted molar refractivity (Wildman–Crippen MR) is 95.5 cm³/mol. The fourth-order valence-electron chi connectivity index (χ4n) is 1.97. The molecule has 0 aliphatic heterocycles. The zero-order valence-electron chi connectivity index (χ0n) is 13.1. The molecule has 0 radical (unpaired) electrons. The zero-order chi connectivity index (χ0) is 18.2. The number of hydrogen-bond donors (Lipinski definition) is 3. The number of carbonyl (C=O) groups is 1. The van der Waals surface area contributed by atoms with Crippen LogP contribution in [0.1, 0.15) is 5.56 Å². The molecule has 0 spiro atoms. The normalized spacial score (nSPS) is 10.4. The fourth-order valence-corrected chi connectivity index (χ4v) is 1.97. The summed E-state index contributed by atoms with van der Waals surface area (Å²) in [5, 5.41) is 27.1. The summed E-state index contributed by atoms with van der Waals surface area (Å²) in [6.45, 7) is 0. The maximum absolute atomic E-state index is 10.5. The minimum absolute atomic E-state index is 0.0935. The third-order valence-corrected chi connectivity index (χ3v) is 3.17. The van der Waals surface area contributed by atoms with E-state index in [0.717, 1.165) is 10.9 Å². The number of fused-ring (bicyclic) bond motifs is 1. The maximum atomic E-state index is 10.5. The summed E-state index contributed by atoms with van der Waals surface area (Å²) in [5.41, 5.74) is 7.48. The first kappa shape index (κ1) is 17.5. The number of nitrogens with zero attached hydrogens (tertiary/aromatic N) is 2. The summed E-state index contributed by atoms with van der Waals surface area (Å²) < 4.78 is 0. The second-order valence-electron chi connectivity index (χ2n) is 5.03. The molecule has 4 N–H and O–H groups in total. The molecule has 0 saturated carbocycles. The van der Waals surface area contributed by atoms with Gasteiger partial charge in [0.05, 0.1) is 17.4 Å². The number of pyridine rings is 1. The molecular formula is C19H15N3O3. The van der Waals surface area contributed by atoms with Crippen molar-refractivity contribution >= 4 is 28.6 Å². The lowest BCUT2D eigenvalue weighted by Gasteiger charge is -1.95. The molecule has 6 nitrogen and oxygen atoms in total. The average molecular weight is 333 g/mol. The van der Waals surface area contributed by atoms with E-state index in [1.54, 1.807) is 12.3 Å². The molecule has 0 fully saturated rings. The zero-order valence-corrected chi connectivity index (χ0v) is 13.1. The van der Waals surface area contributed by atoms with E-state index in [0.29, 0.717) is 11.3 Å². The van der Waals surface area contributed by atoms with Gasteiger partial charge in [0, 0.05) is 5.39 Å². The van der Waals surface area contributed by atoms with Gasteiger partial charge >= 0.3 is 5.97 Å². The van der Waals surface area contributed by atoms with E-state index in [2.05, 4.69) is 4.98 Å². The Kier molecular flexibility index (Phi) is 5.69. The van der Waals surface area contributed by atoms with Gasteiger partial charge in [-0.15, -0.1) is 0 Å². The van der Waals surface area contributed by atoms with Gasteiger partial charge in [0.1, 0.15) is 17.4 Å². The maximum Gasteiger partial charge on any atom is 0.346 e. The highest BCUT2D eigenvalue weighted by Crippen LogP contribution is 2.13. The third kappa shape index (κ3) is 5.08. The van der Waals surface area contributed by atoms with E-state index >= 15 is 0 Å². The van der Waals surface area contributed by atoms with Gasteiger partial charge in [0.25, 0.3) is 0 Å². The van der Waals surface area contributed by atoms with E-state index in [1.165, 1.54) is 30.3 Å². The minimum Gasteiger partial charge on any atom is -0.508 e. The number of carboxylic acids is 1. The molecule has 0 aliphatic carbocycles. The van der Waals surface area contributed by atoms with Gasteiger partial charge < -0.3 is 15.9 Å². The number of hydrogen-bond acceptors (Lipinski definition) is 5. The molecule has 2 aromatic carbocycles. The number of rotatable bonds is 2.